The smallest absolute Gasteiger partial charge is 0.322 e. The van der Waals surface area contributed by atoms with Crippen molar-refractivity contribution in [3.63, 3.8) is 0 Å². The lowest BCUT2D eigenvalue weighted by atomic mass is 9.64. The Bertz CT molecular complexity index is 1630. The molecule has 5 aliphatic rings. The minimum Gasteiger partial charge on any atom is -0.496 e. The van der Waals surface area contributed by atoms with Crippen molar-refractivity contribution in [3.05, 3.63) is 35.5 Å². The maximum absolute atomic E-state index is 14.6. The first-order chi connectivity index (χ1) is 21.2. The molecule has 2 unspecified atom stereocenters. The number of anilines is 2. The van der Waals surface area contributed by atoms with Crippen molar-refractivity contribution in [1.29, 1.82) is 0 Å². The number of morpholine rings is 1. The summed E-state index contributed by atoms with van der Waals surface area (Å²) in [4.78, 5) is 51.4. The van der Waals surface area contributed by atoms with Gasteiger partial charge in [-0.05, 0) is 57.1 Å². The SMILES string of the molecule is COc1cc(C(=O)NC(=O)NC23CCC(F)(CC2)CC3)c(NC(=O)c2c(OC)ccc3nc(N4C5COCC4C5)sc23)cn1. The van der Waals surface area contributed by atoms with Gasteiger partial charge in [-0.1, -0.05) is 11.3 Å². The molecule has 0 spiro atoms. The van der Waals surface area contributed by atoms with E-state index in [1.54, 1.807) is 6.07 Å². The third kappa shape index (κ3) is 4.99. The van der Waals surface area contributed by atoms with E-state index >= 15 is 0 Å². The fraction of sp³-hybridized carbons (Fsp3) is 0.500. The van der Waals surface area contributed by atoms with E-state index in [2.05, 4.69) is 25.8 Å². The first-order valence-electron chi connectivity index (χ1n) is 14.7. The molecule has 0 radical (unpaired) electrons. The topological polar surface area (TPSA) is 144 Å². The highest BCUT2D eigenvalue weighted by molar-refractivity contribution is 7.22. The number of nitrogens with one attached hydrogen (secondary N) is 3. The number of nitrogens with zero attached hydrogens (tertiary/aromatic N) is 3. The molecular formula is C30H33FN6O6S. The highest BCUT2D eigenvalue weighted by atomic mass is 32.1. The van der Waals surface area contributed by atoms with Crippen LogP contribution in [0.2, 0.25) is 0 Å². The Morgan fingerprint density at radius 2 is 1.77 bits per heavy atom. The molecule has 14 heteroatoms. The molecule has 4 amide bonds. The molecule has 4 heterocycles. The molecule has 44 heavy (non-hydrogen) atoms. The van der Waals surface area contributed by atoms with E-state index < -0.39 is 29.1 Å². The number of benzene rings is 1. The number of pyridine rings is 1. The van der Waals surface area contributed by atoms with E-state index in [9.17, 15) is 18.8 Å². The number of ether oxygens (including phenoxy) is 3. The van der Waals surface area contributed by atoms with Gasteiger partial charge < -0.3 is 29.7 Å². The largest absolute Gasteiger partial charge is 0.496 e. The van der Waals surface area contributed by atoms with Gasteiger partial charge in [0.1, 0.15) is 17.0 Å². The van der Waals surface area contributed by atoms with Crippen molar-refractivity contribution in [2.24, 2.45) is 0 Å². The van der Waals surface area contributed by atoms with Crippen LogP contribution in [0.25, 0.3) is 10.2 Å². The van der Waals surface area contributed by atoms with Gasteiger partial charge in [0.2, 0.25) is 5.88 Å². The van der Waals surface area contributed by atoms with Crippen LogP contribution in [-0.4, -0.2) is 78.5 Å². The fourth-order valence-electron chi connectivity index (χ4n) is 6.90. The van der Waals surface area contributed by atoms with E-state index in [1.165, 1.54) is 37.8 Å². The molecular weight excluding hydrogens is 591 g/mol. The van der Waals surface area contributed by atoms with Gasteiger partial charge in [-0.2, -0.15) is 0 Å². The lowest BCUT2D eigenvalue weighted by molar-refractivity contribution is -0.00337. The number of carbonyl (C=O) groups is 3. The number of rotatable bonds is 7. The summed E-state index contributed by atoms with van der Waals surface area (Å²) in [5.74, 6) is -0.807. The second kappa shape index (κ2) is 10.8. The Hall–Kier alpha value is -4.04. The molecule has 4 bridgehead atoms. The summed E-state index contributed by atoms with van der Waals surface area (Å²) < 4.78 is 31.6. The van der Waals surface area contributed by atoms with E-state index in [0.29, 0.717) is 67.7 Å². The highest BCUT2D eigenvalue weighted by Gasteiger charge is 2.50. The zero-order chi connectivity index (χ0) is 30.6. The molecule has 2 aromatic heterocycles. The van der Waals surface area contributed by atoms with Gasteiger partial charge in [0, 0.05) is 11.6 Å². The minimum absolute atomic E-state index is 0.0162. The zero-order valence-corrected chi connectivity index (χ0v) is 25.2. The number of imide groups is 1. The first kappa shape index (κ1) is 28.7. The zero-order valence-electron chi connectivity index (χ0n) is 24.4. The predicted octanol–water partition coefficient (Wildman–Crippen LogP) is 4.19. The average Bonchev–Trinajstić information content (AvgIpc) is 3.44. The summed E-state index contributed by atoms with van der Waals surface area (Å²) >= 11 is 1.41. The molecule has 3 saturated carbocycles. The number of hydrogen-bond donors (Lipinski definition) is 3. The second-order valence-electron chi connectivity index (χ2n) is 12.0. The highest BCUT2D eigenvalue weighted by Crippen LogP contribution is 2.49. The van der Waals surface area contributed by atoms with Crippen molar-refractivity contribution < 1.29 is 33.0 Å². The number of fused-ring (bicyclic) bond motifs is 6. The molecule has 2 saturated heterocycles. The van der Waals surface area contributed by atoms with Crippen LogP contribution in [0.15, 0.2) is 24.4 Å². The predicted molar refractivity (Wildman–Crippen MR) is 161 cm³/mol. The number of aromatic nitrogens is 2. The number of halogens is 1. The van der Waals surface area contributed by atoms with Crippen LogP contribution in [-0.2, 0) is 4.74 Å². The van der Waals surface area contributed by atoms with Crippen LogP contribution in [0.1, 0.15) is 65.7 Å². The van der Waals surface area contributed by atoms with Crippen molar-refractivity contribution in [2.45, 2.75) is 68.2 Å². The Morgan fingerprint density at radius 3 is 2.43 bits per heavy atom. The average molecular weight is 625 g/mol. The number of amides is 4. The van der Waals surface area contributed by atoms with Crippen LogP contribution in [0.4, 0.5) is 20.0 Å². The van der Waals surface area contributed by atoms with Gasteiger partial charge in [0.05, 0.1) is 67.2 Å². The van der Waals surface area contributed by atoms with Crippen LogP contribution in [0.3, 0.4) is 0 Å². The molecule has 12 nitrogen and oxygen atoms in total. The lowest BCUT2D eigenvalue weighted by Crippen LogP contribution is -2.64. The Labute approximate surface area is 256 Å². The Kier molecular flexibility index (Phi) is 7.08. The number of alkyl halides is 1. The molecule has 5 fully saturated rings. The van der Waals surface area contributed by atoms with E-state index in [1.807, 2.05) is 6.07 Å². The van der Waals surface area contributed by atoms with Crippen molar-refractivity contribution in [2.75, 3.05) is 37.7 Å². The summed E-state index contributed by atoms with van der Waals surface area (Å²) in [5.41, 5.74) is -0.692. The second-order valence-corrected chi connectivity index (χ2v) is 13.0. The number of methoxy groups -OCH3 is 2. The minimum atomic E-state index is -1.15. The standard InChI is InChI=1S/C30H33FN6O6S/c1-41-21-4-3-19-24(44-28(34-19)37-16-11-17(37)15-43-14-16)23(21)26(39)33-20-13-32-22(42-2)12-18(20)25(38)35-27(40)36-30-8-5-29(31,6-9-30)7-10-30/h3-4,12-13,16-17H,5-11,14-15H2,1-2H3,(H,33,39)(H2,35,36,38,40). The number of hydrogen-bond acceptors (Lipinski definition) is 10. The molecule has 8 rings (SSSR count). The van der Waals surface area contributed by atoms with Crippen molar-refractivity contribution in [3.8, 4) is 11.6 Å². The number of urea groups is 1. The molecule has 2 atom stereocenters. The van der Waals surface area contributed by atoms with Crippen LogP contribution in [0, 0.1) is 0 Å². The maximum atomic E-state index is 14.6. The van der Waals surface area contributed by atoms with E-state index in [-0.39, 0.29) is 34.8 Å². The first-order valence-corrected chi connectivity index (χ1v) is 15.5. The third-order valence-corrected chi connectivity index (χ3v) is 10.6. The number of carbonyl (C=O) groups excluding carboxylic acids is 3. The van der Waals surface area contributed by atoms with Crippen LogP contribution in [0.5, 0.6) is 11.6 Å². The monoisotopic (exact) mass is 624 g/mol. The van der Waals surface area contributed by atoms with Gasteiger partial charge >= 0.3 is 6.03 Å². The summed E-state index contributed by atoms with van der Waals surface area (Å²) in [6.45, 7) is 1.30. The number of thiazole rings is 1. The van der Waals surface area contributed by atoms with Gasteiger partial charge in [-0.3, -0.25) is 14.9 Å². The normalized spacial score (nSPS) is 26.9. The van der Waals surface area contributed by atoms with Gasteiger partial charge in [-0.15, -0.1) is 0 Å². The molecule has 2 aliphatic heterocycles. The van der Waals surface area contributed by atoms with Gasteiger partial charge in [-0.25, -0.2) is 19.2 Å². The van der Waals surface area contributed by atoms with Crippen molar-refractivity contribution in [1.82, 2.24) is 20.6 Å². The van der Waals surface area contributed by atoms with E-state index in [4.69, 9.17) is 19.2 Å². The molecule has 3 N–H and O–H groups in total. The molecule has 1 aromatic carbocycles. The molecule has 3 aromatic rings. The lowest BCUT2D eigenvalue weighted by Gasteiger charge is -2.52. The summed E-state index contributed by atoms with van der Waals surface area (Å²) in [6, 6.07) is 4.71. The van der Waals surface area contributed by atoms with Crippen LogP contribution < -0.4 is 30.3 Å². The van der Waals surface area contributed by atoms with Crippen molar-refractivity contribution >= 4 is 50.2 Å². The third-order valence-electron chi connectivity index (χ3n) is 9.47. The molecule has 232 valence electrons. The Balaban J connectivity index is 1.13. The maximum Gasteiger partial charge on any atom is 0.322 e. The quantitative estimate of drug-likeness (QED) is 0.353. The van der Waals surface area contributed by atoms with Gasteiger partial charge in [0.15, 0.2) is 5.13 Å². The van der Waals surface area contributed by atoms with Gasteiger partial charge in [0.25, 0.3) is 11.8 Å². The summed E-state index contributed by atoms with van der Waals surface area (Å²) in [7, 11) is 2.88. The van der Waals surface area contributed by atoms with Crippen LogP contribution >= 0.6 is 11.3 Å². The Morgan fingerprint density at radius 1 is 1.05 bits per heavy atom. The summed E-state index contributed by atoms with van der Waals surface area (Å²) in [6.07, 6.45) is 5.10. The fourth-order valence-corrected chi connectivity index (χ4v) is 8.14. The van der Waals surface area contributed by atoms with E-state index in [0.717, 1.165) is 11.6 Å². The summed E-state index contributed by atoms with van der Waals surface area (Å²) in [5, 5.41) is 8.89. The molecule has 3 aliphatic carbocycles.